The number of piperidine rings is 1. The van der Waals surface area contributed by atoms with Gasteiger partial charge in [-0.15, -0.1) is 0 Å². The Morgan fingerprint density at radius 1 is 1.07 bits per heavy atom. The molecular formula is C22H26N2O4. The van der Waals surface area contributed by atoms with Gasteiger partial charge in [0, 0.05) is 18.8 Å². The largest absolute Gasteiger partial charge is 0.496 e. The summed E-state index contributed by atoms with van der Waals surface area (Å²) in [5, 5.41) is 2.90. The van der Waals surface area contributed by atoms with Gasteiger partial charge in [-0.1, -0.05) is 18.2 Å². The van der Waals surface area contributed by atoms with Gasteiger partial charge in [-0.05, 0) is 61.6 Å². The fourth-order valence-corrected chi connectivity index (χ4v) is 3.50. The number of likely N-dealkylation sites (tertiary alicyclic amines) is 1. The summed E-state index contributed by atoms with van der Waals surface area (Å²) >= 11 is 0. The Hall–Kier alpha value is -3.02. The summed E-state index contributed by atoms with van der Waals surface area (Å²) < 4.78 is 10.4. The van der Waals surface area contributed by atoms with Crippen LogP contribution in [0.2, 0.25) is 0 Å². The minimum Gasteiger partial charge on any atom is -0.496 e. The highest BCUT2D eigenvalue weighted by atomic mass is 16.5. The lowest BCUT2D eigenvalue weighted by molar-refractivity contribution is 0.0526. The zero-order valence-corrected chi connectivity index (χ0v) is 16.3. The van der Waals surface area contributed by atoms with Gasteiger partial charge in [0.05, 0.1) is 19.3 Å². The van der Waals surface area contributed by atoms with Crippen molar-refractivity contribution in [3.05, 3.63) is 59.7 Å². The SMILES string of the molecule is CCOC(=O)c1ccc(NC(=O)N2CCC(c3ccccc3OC)CC2)cc1. The van der Waals surface area contributed by atoms with Crippen molar-refractivity contribution in [3.63, 3.8) is 0 Å². The van der Waals surface area contributed by atoms with Crippen LogP contribution in [0.1, 0.15) is 41.6 Å². The molecule has 28 heavy (non-hydrogen) atoms. The maximum atomic E-state index is 12.6. The third-order valence-electron chi connectivity index (χ3n) is 5.01. The van der Waals surface area contributed by atoms with E-state index in [2.05, 4.69) is 11.4 Å². The number of benzene rings is 2. The van der Waals surface area contributed by atoms with Crippen molar-refractivity contribution in [1.29, 1.82) is 0 Å². The number of rotatable bonds is 5. The van der Waals surface area contributed by atoms with Crippen molar-refractivity contribution < 1.29 is 19.1 Å². The highest BCUT2D eigenvalue weighted by molar-refractivity contribution is 5.92. The van der Waals surface area contributed by atoms with Crippen molar-refractivity contribution in [2.45, 2.75) is 25.7 Å². The number of para-hydroxylation sites is 1. The molecule has 1 saturated heterocycles. The number of anilines is 1. The highest BCUT2D eigenvalue weighted by Crippen LogP contribution is 2.34. The van der Waals surface area contributed by atoms with Crippen molar-refractivity contribution in [1.82, 2.24) is 4.90 Å². The molecule has 0 atom stereocenters. The molecule has 6 nitrogen and oxygen atoms in total. The van der Waals surface area contributed by atoms with Gasteiger partial charge >= 0.3 is 12.0 Å². The molecule has 1 fully saturated rings. The molecule has 2 aromatic carbocycles. The highest BCUT2D eigenvalue weighted by Gasteiger charge is 2.25. The summed E-state index contributed by atoms with van der Waals surface area (Å²) in [5.41, 5.74) is 2.34. The van der Waals surface area contributed by atoms with Crippen LogP contribution in [0, 0.1) is 0 Å². The Labute approximate surface area is 165 Å². The first-order valence-corrected chi connectivity index (χ1v) is 9.58. The van der Waals surface area contributed by atoms with Crippen molar-refractivity contribution in [2.75, 3.05) is 32.1 Å². The van der Waals surface area contributed by atoms with Crippen LogP contribution < -0.4 is 10.1 Å². The molecule has 0 aromatic heterocycles. The molecule has 3 rings (SSSR count). The van der Waals surface area contributed by atoms with Gasteiger partial charge in [0.15, 0.2) is 0 Å². The van der Waals surface area contributed by atoms with E-state index in [1.165, 1.54) is 5.56 Å². The van der Waals surface area contributed by atoms with E-state index < -0.39 is 0 Å². The van der Waals surface area contributed by atoms with E-state index >= 15 is 0 Å². The predicted molar refractivity (Wildman–Crippen MR) is 108 cm³/mol. The zero-order chi connectivity index (χ0) is 19.9. The summed E-state index contributed by atoms with van der Waals surface area (Å²) in [4.78, 5) is 26.1. The molecule has 1 N–H and O–H groups in total. The number of amides is 2. The van der Waals surface area contributed by atoms with Crippen LogP contribution in [-0.2, 0) is 4.74 Å². The van der Waals surface area contributed by atoms with Crippen LogP contribution >= 0.6 is 0 Å². The molecule has 2 amide bonds. The zero-order valence-electron chi connectivity index (χ0n) is 16.3. The number of nitrogens with one attached hydrogen (secondary N) is 1. The molecule has 6 heteroatoms. The maximum Gasteiger partial charge on any atom is 0.338 e. The summed E-state index contributed by atoms with van der Waals surface area (Å²) in [6.07, 6.45) is 1.80. The number of nitrogens with zero attached hydrogens (tertiary/aromatic N) is 1. The number of ether oxygens (including phenoxy) is 2. The average Bonchev–Trinajstić information content (AvgIpc) is 2.74. The first kappa shape index (κ1) is 19.7. The lowest BCUT2D eigenvalue weighted by Crippen LogP contribution is -2.40. The molecule has 148 valence electrons. The van der Waals surface area contributed by atoms with Gasteiger partial charge in [-0.2, -0.15) is 0 Å². The quantitative estimate of drug-likeness (QED) is 0.784. The lowest BCUT2D eigenvalue weighted by Gasteiger charge is -2.32. The van der Waals surface area contributed by atoms with Crippen molar-refractivity contribution >= 4 is 17.7 Å². The van der Waals surface area contributed by atoms with E-state index in [-0.39, 0.29) is 12.0 Å². The number of urea groups is 1. The van der Waals surface area contributed by atoms with Gasteiger partial charge in [-0.3, -0.25) is 0 Å². The second-order valence-corrected chi connectivity index (χ2v) is 6.73. The van der Waals surface area contributed by atoms with Crippen LogP contribution in [-0.4, -0.2) is 43.7 Å². The van der Waals surface area contributed by atoms with Gasteiger partial charge < -0.3 is 19.7 Å². The van der Waals surface area contributed by atoms with Crippen molar-refractivity contribution in [2.24, 2.45) is 0 Å². The third-order valence-corrected chi connectivity index (χ3v) is 5.01. The Balaban J connectivity index is 1.54. The van der Waals surface area contributed by atoms with Crippen LogP contribution in [0.4, 0.5) is 10.5 Å². The van der Waals surface area contributed by atoms with E-state index in [1.807, 2.05) is 23.1 Å². The lowest BCUT2D eigenvalue weighted by atomic mass is 9.89. The molecule has 0 spiro atoms. The molecule has 0 saturated carbocycles. The summed E-state index contributed by atoms with van der Waals surface area (Å²) in [6.45, 7) is 3.48. The number of carbonyl (C=O) groups excluding carboxylic acids is 2. The molecule has 0 aliphatic carbocycles. The number of hydrogen-bond donors (Lipinski definition) is 1. The molecule has 1 heterocycles. The van der Waals surface area contributed by atoms with Crippen LogP contribution in [0.5, 0.6) is 5.75 Å². The predicted octanol–water partition coefficient (Wildman–Crippen LogP) is 4.28. The summed E-state index contributed by atoms with van der Waals surface area (Å²) in [5.74, 6) is 0.940. The first-order chi connectivity index (χ1) is 13.6. The fraction of sp³-hybridized carbons (Fsp3) is 0.364. The molecule has 1 aliphatic rings. The Bertz CT molecular complexity index is 812. The molecule has 1 aliphatic heterocycles. The van der Waals surface area contributed by atoms with Crippen LogP contribution in [0.3, 0.4) is 0 Å². The number of esters is 1. The Morgan fingerprint density at radius 2 is 1.75 bits per heavy atom. The Kier molecular flexibility index (Phi) is 6.53. The first-order valence-electron chi connectivity index (χ1n) is 9.58. The normalized spacial score (nSPS) is 14.4. The molecule has 0 bridgehead atoms. The standard InChI is InChI=1S/C22H26N2O4/c1-3-28-21(25)17-8-10-18(11-9-17)23-22(26)24-14-12-16(13-15-24)19-6-4-5-7-20(19)27-2/h4-11,16H,3,12-15H2,1-2H3,(H,23,26). The summed E-state index contributed by atoms with van der Waals surface area (Å²) in [7, 11) is 1.69. The van der Waals surface area contributed by atoms with E-state index in [4.69, 9.17) is 9.47 Å². The van der Waals surface area contributed by atoms with Gasteiger partial charge in [0.2, 0.25) is 0 Å². The Morgan fingerprint density at radius 3 is 2.39 bits per heavy atom. The average molecular weight is 382 g/mol. The van der Waals surface area contributed by atoms with Crippen LogP contribution in [0.25, 0.3) is 0 Å². The molecule has 0 radical (unpaired) electrons. The monoisotopic (exact) mass is 382 g/mol. The van der Waals surface area contributed by atoms with Gasteiger partial charge in [0.25, 0.3) is 0 Å². The van der Waals surface area contributed by atoms with Gasteiger partial charge in [0.1, 0.15) is 5.75 Å². The van der Waals surface area contributed by atoms with E-state index in [0.717, 1.165) is 18.6 Å². The maximum absolute atomic E-state index is 12.6. The topological polar surface area (TPSA) is 67.9 Å². The summed E-state index contributed by atoms with van der Waals surface area (Å²) in [6, 6.07) is 14.7. The number of hydrogen-bond acceptors (Lipinski definition) is 4. The van der Waals surface area contributed by atoms with Crippen LogP contribution in [0.15, 0.2) is 48.5 Å². The van der Waals surface area contributed by atoms with E-state index in [1.54, 1.807) is 38.3 Å². The molecular weight excluding hydrogens is 356 g/mol. The second-order valence-electron chi connectivity index (χ2n) is 6.73. The smallest absolute Gasteiger partial charge is 0.338 e. The minimum atomic E-state index is -0.362. The van der Waals surface area contributed by atoms with Gasteiger partial charge in [-0.25, -0.2) is 9.59 Å². The van der Waals surface area contributed by atoms with E-state index in [0.29, 0.717) is 36.9 Å². The molecule has 0 unspecified atom stereocenters. The molecule has 2 aromatic rings. The third kappa shape index (κ3) is 4.63. The number of methoxy groups -OCH3 is 1. The van der Waals surface area contributed by atoms with E-state index in [9.17, 15) is 9.59 Å². The number of carbonyl (C=O) groups is 2. The fourth-order valence-electron chi connectivity index (χ4n) is 3.50. The van der Waals surface area contributed by atoms with Crippen molar-refractivity contribution in [3.8, 4) is 5.75 Å². The minimum absolute atomic E-state index is 0.123. The second kappa shape index (κ2) is 9.26.